The quantitative estimate of drug-likeness (QED) is 0.477. The molecule has 0 radical (unpaired) electrons. The highest BCUT2D eigenvalue weighted by Gasteiger charge is 2.34. The Labute approximate surface area is 96.2 Å². The Morgan fingerprint density at radius 3 is 2.15 bits per heavy atom. The Morgan fingerprint density at radius 1 is 1.15 bits per heavy atom. The van der Waals surface area contributed by atoms with Gasteiger partial charge < -0.3 is 0 Å². The van der Waals surface area contributed by atoms with Gasteiger partial charge in [-0.2, -0.15) is 13.2 Å². The fraction of sp³-hybridized carbons (Fsp3) is 0.143. The van der Waals surface area contributed by atoms with Gasteiger partial charge in [-0.1, -0.05) is 23.2 Å². The van der Waals surface area contributed by atoms with Crippen molar-refractivity contribution in [2.24, 2.45) is 0 Å². The van der Waals surface area contributed by atoms with E-state index in [1.807, 2.05) is 0 Å². The van der Waals surface area contributed by atoms with Crippen LogP contribution in [0.1, 0.15) is 5.56 Å². The standard InChI is InChI=1S/C7H2Cl2F3I/c8-4-2-1-3(7(10,11)12)5(9)6(4)13/h1-2H. The second-order valence-corrected chi connectivity index (χ2v) is 4.08. The van der Waals surface area contributed by atoms with Gasteiger partial charge in [0.05, 0.1) is 19.2 Å². The van der Waals surface area contributed by atoms with E-state index in [1.54, 1.807) is 22.6 Å². The van der Waals surface area contributed by atoms with E-state index in [0.717, 1.165) is 6.07 Å². The summed E-state index contributed by atoms with van der Waals surface area (Å²) in [6, 6.07) is 2.05. The van der Waals surface area contributed by atoms with Crippen LogP contribution in [0.3, 0.4) is 0 Å². The van der Waals surface area contributed by atoms with Gasteiger partial charge in [-0.3, -0.25) is 0 Å². The molecule has 0 aliphatic rings. The summed E-state index contributed by atoms with van der Waals surface area (Å²) in [6.45, 7) is 0. The minimum atomic E-state index is -4.43. The summed E-state index contributed by atoms with van der Waals surface area (Å²) in [6.07, 6.45) is -4.43. The molecule has 0 fully saturated rings. The predicted octanol–water partition coefficient (Wildman–Crippen LogP) is 4.62. The van der Waals surface area contributed by atoms with Crippen LogP contribution in [0.25, 0.3) is 0 Å². The van der Waals surface area contributed by atoms with Gasteiger partial charge in [0.25, 0.3) is 0 Å². The third-order valence-corrected chi connectivity index (χ3v) is 3.81. The molecule has 0 aliphatic heterocycles. The zero-order valence-electron chi connectivity index (χ0n) is 5.92. The Hall–Kier alpha value is 0.320. The molecule has 0 unspecified atom stereocenters. The molecule has 0 aromatic heterocycles. The molecule has 0 heterocycles. The lowest BCUT2D eigenvalue weighted by Gasteiger charge is -2.10. The number of hydrogen-bond acceptors (Lipinski definition) is 0. The van der Waals surface area contributed by atoms with Crippen molar-refractivity contribution in [1.82, 2.24) is 0 Å². The monoisotopic (exact) mass is 340 g/mol. The SMILES string of the molecule is FC(F)(F)c1ccc(Cl)c(I)c1Cl. The van der Waals surface area contributed by atoms with Crippen molar-refractivity contribution >= 4 is 45.8 Å². The summed E-state index contributed by atoms with van der Waals surface area (Å²) in [7, 11) is 0. The van der Waals surface area contributed by atoms with Gasteiger partial charge in [0.2, 0.25) is 0 Å². The smallest absolute Gasteiger partial charge is 0.166 e. The first-order valence-corrected chi connectivity index (χ1v) is 4.88. The summed E-state index contributed by atoms with van der Waals surface area (Å²) >= 11 is 12.7. The average Bonchev–Trinajstić information content (AvgIpc) is 1.98. The van der Waals surface area contributed by atoms with Crippen molar-refractivity contribution in [3.05, 3.63) is 31.3 Å². The molecule has 6 heteroatoms. The molecule has 0 aliphatic carbocycles. The van der Waals surface area contributed by atoms with Gasteiger partial charge in [-0.25, -0.2) is 0 Å². The number of hydrogen-bond donors (Lipinski definition) is 0. The number of benzene rings is 1. The van der Waals surface area contributed by atoms with E-state index in [1.165, 1.54) is 6.07 Å². The van der Waals surface area contributed by atoms with Gasteiger partial charge in [0.1, 0.15) is 0 Å². The molecular weight excluding hydrogens is 339 g/mol. The molecule has 13 heavy (non-hydrogen) atoms. The minimum Gasteiger partial charge on any atom is -0.166 e. The van der Waals surface area contributed by atoms with Crippen LogP contribution in [0.5, 0.6) is 0 Å². The molecule has 72 valence electrons. The Kier molecular flexibility index (Phi) is 3.35. The zero-order valence-corrected chi connectivity index (χ0v) is 9.59. The molecule has 0 bridgehead atoms. The molecule has 0 nitrogen and oxygen atoms in total. The van der Waals surface area contributed by atoms with E-state index in [0.29, 0.717) is 0 Å². The van der Waals surface area contributed by atoms with Crippen LogP contribution >= 0.6 is 45.8 Å². The van der Waals surface area contributed by atoms with E-state index in [9.17, 15) is 13.2 Å². The zero-order chi connectivity index (χ0) is 10.2. The highest BCUT2D eigenvalue weighted by molar-refractivity contribution is 14.1. The second kappa shape index (κ2) is 3.82. The van der Waals surface area contributed by atoms with Crippen LogP contribution in [-0.4, -0.2) is 0 Å². The third-order valence-electron chi connectivity index (χ3n) is 1.34. The number of rotatable bonds is 0. The maximum atomic E-state index is 12.2. The van der Waals surface area contributed by atoms with Crippen LogP contribution in [-0.2, 0) is 6.18 Å². The van der Waals surface area contributed by atoms with E-state index in [4.69, 9.17) is 23.2 Å². The first-order valence-electron chi connectivity index (χ1n) is 3.04. The third kappa shape index (κ3) is 2.41. The molecule has 0 atom stereocenters. The molecule has 0 saturated heterocycles. The Balaban J connectivity index is 3.35. The maximum absolute atomic E-state index is 12.2. The first kappa shape index (κ1) is 11.4. The Morgan fingerprint density at radius 2 is 1.69 bits per heavy atom. The van der Waals surface area contributed by atoms with Crippen LogP contribution < -0.4 is 0 Å². The van der Waals surface area contributed by atoms with Crippen LogP contribution in [0, 0.1) is 3.57 Å². The number of halogens is 6. The van der Waals surface area contributed by atoms with Gasteiger partial charge in [-0.05, 0) is 34.7 Å². The normalized spacial score (nSPS) is 11.8. The lowest BCUT2D eigenvalue weighted by atomic mass is 10.2. The molecule has 0 saturated carbocycles. The van der Waals surface area contributed by atoms with Crippen molar-refractivity contribution in [3.8, 4) is 0 Å². The van der Waals surface area contributed by atoms with Crippen molar-refractivity contribution in [2.75, 3.05) is 0 Å². The maximum Gasteiger partial charge on any atom is 0.417 e. The summed E-state index contributed by atoms with van der Waals surface area (Å²) < 4.78 is 36.9. The highest BCUT2D eigenvalue weighted by atomic mass is 127. The molecular formula is C7H2Cl2F3I. The Bertz CT molecular complexity index is 335. The van der Waals surface area contributed by atoms with Gasteiger partial charge in [-0.15, -0.1) is 0 Å². The second-order valence-electron chi connectivity index (χ2n) is 2.22. The summed E-state index contributed by atoms with van der Waals surface area (Å²) in [5, 5.41) is -0.126. The largest absolute Gasteiger partial charge is 0.417 e. The van der Waals surface area contributed by atoms with E-state index in [2.05, 4.69) is 0 Å². The molecule has 0 N–H and O–H groups in total. The van der Waals surface area contributed by atoms with Crippen LogP contribution in [0.4, 0.5) is 13.2 Å². The first-order chi connectivity index (χ1) is 5.84. The highest BCUT2D eigenvalue weighted by Crippen LogP contribution is 2.38. The molecule has 0 spiro atoms. The van der Waals surface area contributed by atoms with Crippen molar-refractivity contribution < 1.29 is 13.2 Å². The van der Waals surface area contributed by atoms with Crippen LogP contribution in [0.15, 0.2) is 12.1 Å². The van der Waals surface area contributed by atoms with Gasteiger partial charge in [0.15, 0.2) is 0 Å². The van der Waals surface area contributed by atoms with E-state index in [-0.39, 0.29) is 13.6 Å². The fourth-order valence-electron chi connectivity index (χ4n) is 0.745. The molecule has 1 rings (SSSR count). The van der Waals surface area contributed by atoms with E-state index < -0.39 is 11.7 Å². The van der Waals surface area contributed by atoms with Gasteiger partial charge >= 0.3 is 6.18 Å². The molecule has 0 amide bonds. The van der Waals surface area contributed by atoms with Gasteiger partial charge in [0, 0.05) is 0 Å². The lowest BCUT2D eigenvalue weighted by Crippen LogP contribution is -2.06. The lowest BCUT2D eigenvalue weighted by molar-refractivity contribution is -0.137. The van der Waals surface area contributed by atoms with Crippen molar-refractivity contribution in [2.45, 2.75) is 6.18 Å². The fourth-order valence-corrected chi connectivity index (χ4v) is 1.69. The van der Waals surface area contributed by atoms with Crippen LogP contribution in [0.2, 0.25) is 10.0 Å². The van der Waals surface area contributed by atoms with Crippen molar-refractivity contribution in [1.29, 1.82) is 0 Å². The van der Waals surface area contributed by atoms with E-state index >= 15 is 0 Å². The topological polar surface area (TPSA) is 0 Å². The molecule has 1 aromatic carbocycles. The van der Waals surface area contributed by atoms with Crippen molar-refractivity contribution in [3.63, 3.8) is 0 Å². The molecule has 1 aromatic rings. The predicted molar refractivity (Wildman–Crippen MR) is 54.2 cm³/mol. The average molecular weight is 341 g/mol. The summed E-state index contributed by atoms with van der Waals surface area (Å²) in [5.41, 5.74) is -0.858. The minimum absolute atomic E-state index is 0.218. The summed E-state index contributed by atoms with van der Waals surface area (Å²) in [5.74, 6) is 0. The summed E-state index contributed by atoms with van der Waals surface area (Å²) in [4.78, 5) is 0. The number of alkyl halides is 3.